The maximum absolute atomic E-state index is 13.0. The van der Waals surface area contributed by atoms with E-state index in [2.05, 4.69) is 29.9 Å². The standard InChI is InChI=1S/C22H23N3OS/c1-16-8-11-20(14-17(16)2)27(26)25-13-12-21-22(25)23-15-19(24-21)10-9-18-6-4-3-5-7-18/h3-7,9-10,12-17H,8,11H2,1-2H3/b10-9+. The zero-order chi connectivity index (χ0) is 18.8. The van der Waals surface area contributed by atoms with E-state index in [4.69, 9.17) is 0 Å². The fraction of sp³-hybridized carbons (Fsp3) is 0.273. The molecule has 0 N–H and O–H groups in total. The molecule has 2 aromatic heterocycles. The Hall–Kier alpha value is -2.53. The van der Waals surface area contributed by atoms with Gasteiger partial charge in [-0.3, -0.25) is 0 Å². The smallest absolute Gasteiger partial charge is 0.171 e. The van der Waals surface area contributed by atoms with Gasteiger partial charge in [-0.1, -0.05) is 56.3 Å². The number of aromatic nitrogens is 3. The summed E-state index contributed by atoms with van der Waals surface area (Å²) in [5.74, 6) is 1.10. The minimum atomic E-state index is -1.23. The van der Waals surface area contributed by atoms with Crippen molar-refractivity contribution in [2.45, 2.75) is 26.7 Å². The number of rotatable bonds is 4. The summed E-state index contributed by atoms with van der Waals surface area (Å²) in [7, 11) is -1.23. The average Bonchev–Trinajstić information content (AvgIpc) is 3.12. The number of hydrogen-bond donors (Lipinski definition) is 0. The van der Waals surface area contributed by atoms with E-state index in [0.717, 1.165) is 34.5 Å². The molecule has 1 aromatic carbocycles. The summed E-state index contributed by atoms with van der Waals surface area (Å²) in [5.41, 5.74) is 3.33. The summed E-state index contributed by atoms with van der Waals surface area (Å²) in [6.07, 6.45) is 11.6. The Labute approximate surface area is 162 Å². The lowest BCUT2D eigenvalue weighted by Crippen LogP contribution is -2.16. The number of fused-ring (bicyclic) bond motifs is 1. The van der Waals surface area contributed by atoms with Gasteiger partial charge in [-0.15, -0.1) is 0 Å². The van der Waals surface area contributed by atoms with E-state index < -0.39 is 11.0 Å². The second-order valence-electron chi connectivity index (χ2n) is 7.15. The highest BCUT2D eigenvalue weighted by atomic mass is 32.2. The quantitative estimate of drug-likeness (QED) is 0.638. The molecule has 5 heteroatoms. The predicted molar refractivity (Wildman–Crippen MR) is 112 cm³/mol. The van der Waals surface area contributed by atoms with Crippen LogP contribution in [0, 0.1) is 11.8 Å². The Morgan fingerprint density at radius 2 is 1.96 bits per heavy atom. The molecule has 138 valence electrons. The van der Waals surface area contributed by atoms with Crippen LogP contribution >= 0.6 is 0 Å². The van der Waals surface area contributed by atoms with Gasteiger partial charge in [0.15, 0.2) is 16.6 Å². The van der Waals surface area contributed by atoms with Crippen LogP contribution in [0.15, 0.2) is 59.8 Å². The van der Waals surface area contributed by atoms with Gasteiger partial charge < -0.3 is 0 Å². The van der Waals surface area contributed by atoms with E-state index in [1.54, 1.807) is 10.2 Å². The van der Waals surface area contributed by atoms with E-state index in [0.29, 0.717) is 17.5 Å². The Kier molecular flexibility index (Phi) is 5.03. The van der Waals surface area contributed by atoms with Crippen molar-refractivity contribution in [3.63, 3.8) is 0 Å². The predicted octanol–water partition coefficient (Wildman–Crippen LogP) is 5.06. The maximum Gasteiger partial charge on any atom is 0.171 e. The van der Waals surface area contributed by atoms with Crippen molar-refractivity contribution in [2.24, 2.45) is 11.8 Å². The summed E-state index contributed by atoms with van der Waals surface area (Å²) < 4.78 is 14.8. The van der Waals surface area contributed by atoms with Crippen molar-refractivity contribution in [1.82, 2.24) is 13.9 Å². The van der Waals surface area contributed by atoms with Crippen molar-refractivity contribution in [3.8, 4) is 0 Å². The van der Waals surface area contributed by atoms with Crippen LogP contribution in [0.5, 0.6) is 0 Å². The molecule has 0 radical (unpaired) electrons. The summed E-state index contributed by atoms with van der Waals surface area (Å²) >= 11 is 0. The van der Waals surface area contributed by atoms with Crippen LogP contribution in [0.2, 0.25) is 0 Å². The van der Waals surface area contributed by atoms with E-state index >= 15 is 0 Å². The lowest BCUT2D eigenvalue weighted by Gasteiger charge is -2.24. The lowest BCUT2D eigenvalue weighted by molar-refractivity contribution is 0.410. The van der Waals surface area contributed by atoms with E-state index in [1.807, 2.05) is 54.7 Å². The number of nitrogens with zero attached hydrogens (tertiary/aromatic N) is 3. The number of benzene rings is 1. The minimum absolute atomic E-state index is 0.459. The highest BCUT2D eigenvalue weighted by molar-refractivity contribution is 7.87. The zero-order valence-electron chi connectivity index (χ0n) is 15.6. The zero-order valence-corrected chi connectivity index (χ0v) is 16.4. The first-order valence-corrected chi connectivity index (χ1v) is 10.4. The van der Waals surface area contributed by atoms with Gasteiger partial charge in [0.05, 0.1) is 11.9 Å². The third-order valence-electron chi connectivity index (χ3n) is 5.22. The fourth-order valence-corrected chi connectivity index (χ4v) is 4.65. The maximum atomic E-state index is 13.0. The Balaban J connectivity index is 1.60. The van der Waals surface area contributed by atoms with Crippen molar-refractivity contribution in [1.29, 1.82) is 0 Å². The SMILES string of the molecule is CC1C=C(S(=O)n2ccc3nc(/C=C/c4ccccc4)cnc32)CCC1C. The highest BCUT2D eigenvalue weighted by Gasteiger charge is 2.22. The molecule has 1 aliphatic carbocycles. The van der Waals surface area contributed by atoms with Crippen molar-refractivity contribution in [3.05, 3.63) is 71.0 Å². The normalized spacial score (nSPS) is 21.5. The van der Waals surface area contributed by atoms with E-state index in [-0.39, 0.29) is 0 Å². The van der Waals surface area contributed by atoms with Gasteiger partial charge in [0.1, 0.15) is 5.52 Å². The van der Waals surface area contributed by atoms with Crippen LogP contribution < -0.4 is 0 Å². The Bertz CT molecular complexity index is 1040. The molecule has 0 fully saturated rings. The molecule has 0 amide bonds. The monoisotopic (exact) mass is 377 g/mol. The van der Waals surface area contributed by atoms with Gasteiger partial charge in [-0.25, -0.2) is 18.1 Å². The largest absolute Gasteiger partial charge is 0.245 e. The number of allylic oxidation sites excluding steroid dienone is 2. The topological polar surface area (TPSA) is 47.8 Å². The highest BCUT2D eigenvalue weighted by Crippen LogP contribution is 2.30. The number of hydrogen-bond acceptors (Lipinski definition) is 3. The van der Waals surface area contributed by atoms with Crippen LogP contribution in [0.1, 0.15) is 37.9 Å². The average molecular weight is 378 g/mol. The molecule has 0 bridgehead atoms. The second-order valence-corrected chi connectivity index (χ2v) is 8.56. The van der Waals surface area contributed by atoms with Gasteiger partial charge in [0.25, 0.3) is 0 Å². The van der Waals surface area contributed by atoms with Crippen LogP contribution in [0.3, 0.4) is 0 Å². The van der Waals surface area contributed by atoms with Crippen LogP contribution in [0.4, 0.5) is 0 Å². The van der Waals surface area contributed by atoms with Crippen LogP contribution in [0.25, 0.3) is 23.3 Å². The third-order valence-corrected chi connectivity index (χ3v) is 6.66. The van der Waals surface area contributed by atoms with E-state index in [9.17, 15) is 4.21 Å². The Morgan fingerprint density at radius 1 is 1.15 bits per heavy atom. The molecule has 1 aliphatic rings. The van der Waals surface area contributed by atoms with Gasteiger partial charge in [-0.2, -0.15) is 0 Å². The molecule has 0 spiro atoms. The molecular weight excluding hydrogens is 354 g/mol. The minimum Gasteiger partial charge on any atom is -0.245 e. The van der Waals surface area contributed by atoms with E-state index in [1.165, 1.54) is 0 Å². The molecule has 4 nitrogen and oxygen atoms in total. The first kappa shape index (κ1) is 17.9. The summed E-state index contributed by atoms with van der Waals surface area (Å²) in [6, 6.07) is 12.0. The van der Waals surface area contributed by atoms with Gasteiger partial charge in [0, 0.05) is 11.1 Å². The van der Waals surface area contributed by atoms with Crippen molar-refractivity contribution in [2.75, 3.05) is 0 Å². The molecular formula is C22H23N3OS. The molecule has 4 rings (SSSR count). The lowest BCUT2D eigenvalue weighted by atomic mass is 9.87. The molecule has 0 saturated heterocycles. The molecule has 2 heterocycles. The van der Waals surface area contributed by atoms with Gasteiger partial charge in [0.2, 0.25) is 0 Å². The van der Waals surface area contributed by atoms with Crippen LogP contribution in [-0.2, 0) is 11.0 Å². The summed E-state index contributed by atoms with van der Waals surface area (Å²) in [6.45, 7) is 4.45. The van der Waals surface area contributed by atoms with Gasteiger partial charge >= 0.3 is 0 Å². The summed E-state index contributed by atoms with van der Waals surface area (Å²) in [5, 5.41) is 0. The second kappa shape index (κ2) is 7.61. The molecule has 0 saturated carbocycles. The first-order chi connectivity index (χ1) is 13.1. The van der Waals surface area contributed by atoms with Gasteiger partial charge in [-0.05, 0) is 42.4 Å². The fourth-order valence-electron chi connectivity index (χ4n) is 3.31. The molecule has 3 atom stereocenters. The van der Waals surface area contributed by atoms with Crippen LogP contribution in [-0.4, -0.2) is 18.1 Å². The molecule has 0 aliphatic heterocycles. The first-order valence-electron chi connectivity index (χ1n) is 9.32. The molecule has 3 unspecified atom stereocenters. The molecule has 27 heavy (non-hydrogen) atoms. The van der Waals surface area contributed by atoms with Crippen molar-refractivity contribution < 1.29 is 4.21 Å². The van der Waals surface area contributed by atoms with Crippen molar-refractivity contribution >= 4 is 34.3 Å². The third kappa shape index (κ3) is 3.78. The molecule has 3 aromatic rings. The summed E-state index contributed by atoms with van der Waals surface area (Å²) in [4.78, 5) is 10.2. The Morgan fingerprint density at radius 3 is 2.74 bits per heavy atom.